The summed E-state index contributed by atoms with van der Waals surface area (Å²) >= 11 is 0. The van der Waals surface area contributed by atoms with Gasteiger partial charge in [-0.05, 0) is 79.9 Å². The van der Waals surface area contributed by atoms with Crippen LogP contribution in [0.5, 0.6) is 0 Å². The van der Waals surface area contributed by atoms with Crippen LogP contribution in [0, 0.1) is 41.3 Å². The second kappa shape index (κ2) is 10.6. The van der Waals surface area contributed by atoms with Crippen LogP contribution < -0.4 is 11.1 Å². The lowest BCUT2D eigenvalue weighted by Gasteiger charge is -2.59. The van der Waals surface area contributed by atoms with Crippen LogP contribution in [0.3, 0.4) is 0 Å². The highest BCUT2D eigenvalue weighted by Gasteiger charge is 2.76. The number of aryl methyl sites for hydroxylation is 1. The molecule has 0 bridgehead atoms. The van der Waals surface area contributed by atoms with Crippen molar-refractivity contribution in [3.63, 3.8) is 0 Å². The van der Waals surface area contributed by atoms with Gasteiger partial charge < -0.3 is 30.7 Å². The molecule has 1 aliphatic heterocycles. The molecule has 4 aliphatic carbocycles. The normalized spacial score (nSPS) is 38.2. The van der Waals surface area contributed by atoms with Crippen molar-refractivity contribution in [2.24, 2.45) is 28.6 Å². The lowest BCUT2D eigenvalue weighted by Crippen LogP contribution is -2.63. The third-order valence-electron chi connectivity index (χ3n) is 12.0. The maximum absolute atomic E-state index is 16.2. The number of ketones is 2. The Morgan fingerprint density at radius 2 is 1.98 bits per heavy atom. The lowest BCUT2D eigenvalue weighted by atomic mass is 9.46. The summed E-state index contributed by atoms with van der Waals surface area (Å²) in [7, 11) is 0. The molecule has 1 saturated heterocycles. The van der Waals surface area contributed by atoms with Crippen LogP contribution in [0.15, 0.2) is 60.2 Å². The number of para-hydroxylation sites is 1. The number of fused-ring (bicyclic) bond motifs is 7. The van der Waals surface area contributed by atoms with Crippen molar-refractivity contribution < 1.29 is 33.7 Å². The minimum absolute atomic E-state index is 0.0298. The standard InChI is InChI=1S/C36H41FN2O6/c1-19-8-11-26(39-17-20-6-4-5-7-25(20)38)32(37)30(19)33-44-29-15-24-23-10-9-21-14-22(41)12-13-34(21,2)31(23)27(42)16-35(24,3)36(29,45-33)28(43)18-40/h4-8,11-14,23-24,27,29,31,33,39-40,42H,9-10,15-18,38H2,1-3H3/t23-,24-,27-,29+,31+,33+,34-,35-,36+/m0/s1. The molecule has 0 amide bonds. The van der Waals surface area contributed by atoms with E-state index in [0.29, 0.717) is 24.2 Å². The molecule has 4 fully saturated rings. The zero-order valence-corrected chi connectivity index (χ0v) is 25.9. The van der Waals surface area contributed by atoms with E-state index >= 15 is 4.39 Å². The van der Waals surface area contributed by atoms with Crippen LogP contribution in [0.25, 0.3) is 0 Å². The number of ether oxygens (including phenoxy) is 2. The molecule has 9 atom stereocenters. The fraction of sp³-hybridized carbons (Fsp3) is 0.500. The minimum atomic E-state index is -1.56. The van der Waals surface area contributed by atoms with Gasteiger partial charge in [0.05, 0.1) is 17.9 Å². The first-order chi connectivity index (χ1) is 21.4. The van der Waals surface area contributed by atoms with Crippen molar-refractivity contribution in [3.8, 4) is 0 Å². The first kappa shape index (κ1) is 30.3. The Kier molecular flexibility index (Phi) is 7.13. The van der Waals surface area contributed by atoms with Gasteiger partial charge in [0.1, 0.15) is 6.61 Å². The highest BCUT2D eigenvalue weighted by molar-refractivity contribution is 6.01. The van der Waals surface area contributed by atoms with Gasteiger partial charge in [-0.3, -0.25) is 9.59 Å². The summed E-state index contributed by atoms with van der Waals surface area (Å²) in [5.74, 6) is -1.23. The largest absolute Gasteiger partial charge is 0.398 e. The molecular weight excluding hydrogens is 575 g/mol. The van der Waals surface area contributed by atoms with Crippen molar-refractivity contribution in [2.45, 2.75) is 77.1 Å². The fourth-order valence-electron chi connectivity index (χ4n) is 9.82. The average molecular weight is 617 g/mol. The Hall–Kier alpha value is -3.37. The number of aliphatic hydroxyl groups excluding tert-OH is 2. The molecule has 0 unspecified atom stereocenters. The third kappa shape index (κ3) is 4.24. The van der Waals surface area contributed by atoms with Crippen LogP contribution >= 0.6 is 0 Å². The van der Waals surface area contributed by atoms with E-state index < -0.39 is 53.1 Å². The molecule has 5 aliphatic rings. The topological polar surface area (TPSA) is 131 Å². The molecule has 2 aromatic carbocycles. The Balaban J connectivity index is 1.22. The molecule has 8 nitrogen and oxygen atoms in total. The molecule has 9 heteroatoms. The summed E-state index contributed by atoms with van der Waals surface area (Å²) in [5, 5.41) is 25.3. The maximum atomic E-state index is 16.2. The number of aliphatic hydroxyl groups is 2. The van der Waals surface area contributed by atoms with E-state index in [4.69, 9.17) is 15.2 Å². The van der Waals surface area contributed by atoms with Crippen LogP contribution in [0.1, 0.15) is 62.5 Å². The Morgan fingerprint density at radius 3 is 2.73 bits per heavy atom. The van der Waals surface area contributed by atoms with Gasteiger partial charge in [-0.25, -0.2) is 4.39 Å². The minimum Gasteiger partial charge on any atom is -0.398 e. The molecule has 238 valence electrons. The molecule has 5 N–H and O–H groups in total. The van der Waals surface area contributed by atoms with Crippen LogP contribution in [0.2, 0.25) is 0 Å². The number of anilines is 2. The average Bonchev–Trinajstić information content (AvgIpc) is 3.50. The van der Waals surface area contributed by atoms with E-state index in [2.05, 4.69) is 12.2 Å². The summed E-state index contributed by atoms with van der Waals surface area (Å²) in [6, 6.07) is 10.8. The monoisotopic (exact) mass is 616 g/mol. The van der Waals surface area contributed by atoms with Gasteiger partial charge in [0.25, 0.3) is 0 Å². The quantitative estimate of drug-likeness (QED) is 0.336. The molecule has 45 heavy (non-hydrogen) atoms. The van der Waals surface area contributed by atoms with E-state index in [1.807, 2.05) is 31.2 Å². The lowest BCUT2D eigenvalue weighted by molar-refractivity contribution is -0.201. The molecular formula is C36H41FN2O6. The summed E-state index contributed by atoms with van der Waals surface area (Å²) in [4.78, 5) is 26.1. The second-order valence-corrected chi connectivity index (χ2v) is 14.0. The predicted molar refractivity (Wildman–Crippen MR) is 166 cm³/mol. The van der Waals surface area contributed by atoms with Crippen molar-refractivity contribution in [1.29, 1.82) is 0 Å². The molecule has 7 rings (SSSR count). The van der Waals surface area contributed by atoms with Crippen molar-refractivity contribution in [2.75, 3.05) is 17.7 Å². The van der Waals surface area contributed by atoms with E-state index in [1.165, 1.54) is 0 Å². The number of Topliss-reactive ketones (excluding diaryl/α,β-unsaturated/α-hetero) is 1. The maximum Gasteiger partial charge on any atom is 0.193 e. The molecule has 0 spiro atoms. The number of carbonyl (C=O) groups excluding carboxylic acids is 2. The number of hydrogen-bond donors (Lipinski definition) is 4. The van der Waals surface area contributed by atoms with E-state index in [-0.39, 0.29) is 41.2 Å². The van der Waals surface area contributed by atoms with Gasteiger partial charge in [-0.1, -0.05) is 49.8 Å². The SMILES string of the molecule is Cc1ccc(NCc2ccccc2N)c(F)c1[C@@H]1O[C@@H]2C[C@H]3[C@@H]4CCC5=CC(=O)C=C[C@]5(C)[C@H]4[C@@H](O)C[C@]3(C)[C@]2(C(=O)CO)O1. The first-order valence-electron chi connectivity index (χ1n) is 15.9. The second-order valence-electron chi connectivity index (χ2n) is 14.0. The molecule has 0 radical (unpaired) electrons. The molecule has 2 aromatic rings. The van der Waals surface area contributed by atoms with E-state index in [9.17, 15) is 19.8 Å². The van der Waals surface area contributed by atoms with Crippen LogP contribution in [-0.2, 0) is 25.6 Å². The van der Waals surface area contributed by atoms with E-state index in [0.717, 1.165) is 24.0 Å². The Labute approximate surface area is 262 Å². The fourth-order valence-corrected chi connectivity index (χ4v) is 9.82. The smallest absolute Gasteiger partial charge is 0.193 e. The Morgan fingerprint density at radius 1 is 1.20 bits per heavy atom. The summed E-state index contributed by atoms with van der Waals surface area (Å²) in [6.45, 7) is 5.39. The molecule has 1 heterocycles. The number of nitrogens with one attached hydrogen (secondary N) is 1. The van der Waals surface area contributed by atoms with Gasteiger partial charge in [0.15, 0.2) is 29.3 Å². The zero-order valence-electron chi connectivity index (χ0n) is 25.9. The highest BCUT2D eigenvalue weighted by Crippen LogP contribution is 2.70. The number of halogens is 1. The van der Waals surface area contributed by atoms with Gasteiger partial charge in [0.2, 0.25) is 0 Å². The molecule has 0 aromatic heterocycles. The Bertz CT molecular complexity index is 1640. The number of allylic oxidation sites excluding steroid dienone is 4. The van der Waals surface area contributed by atoms with E-state index in [1.54, 1.807) is 37.3 Å². The highest BCUT2D eigenvalue weighted by atomic mass is 19.1. The number of nitrogen functional groups attached to an aromatic ring is 1. The first-order valence-corrected chi connectivity index (χ1v) is 15.9. The van der Waals surface area contributed by atoms with Gasteiger partial charge in [-0.15, -0.1) is 0 Å². The van der Waals surface area contributed by atoms with Crippen molar-refractivity contribution >= 4 is 22.9 Å². The molecule has 3 saturated carbocycles. The van der Waals surface area contributed by atoms with Gasteiger partial charge >= 0.3 is 0 Å². The number of hydrogen-bond acceptors (Lipinski definition) is 8. The number of rotatable bonds is 6. The van der Waals surface area contributed by atoms with Crippen LogP contribution in [0.4, 0.5) is 15.8 Å². The van der Waals surface area contributed by atoms with Crippen LogP contribution in [-0.4, -0.2) is 46.2 Å². The third-order valence-corrected chi connectivity index (χ3v) is 12.0. The number of carbonyl (C=O) groups is 2. The van der Waals surface area contributed by atoms with Crippen molar-refractivity contribution in [1.82, 2.24) is 0 Å². The summed E-state index contributed by atoms with van der Waals surface area (Å²) in [6.07, 6.45) is 4.78. The summed E-state index contributed by atoms with van der Waals surface area (Å²) in [5.41, 5.74) is 6.73. The van der Waals surface area contributed by atoms with Crippen molar-refractivity contribution in [3.05, 3.63) is 82.7 Å². The number of benzene rings is 2. The van der Waals surface area contributed by atoms with Gasteiger partial charge in [-0.2, -0.15) is 0 Å². The van der Waals surface area contributed by atoms with Gasteiger partial charge in [0, 0.05) is 34.5 Å². The number of nitrogens with two attached hydrogens (primary N) is 1. The predicted octanol–water partition coefficient (Wildman–Crippen LogP) is 4.93. The summed E-state index contributed by atoms with van der Waals surface area (Å²) < 4.78 is 29.4. The zero-order chi connectivity index (χ0) is 31.9.